The molecule has 4 heterocycles. The molecule has 8 nitrogen and oxygen atoms in total. The van der Waals surface area contributed by atoms with Crippen molar-refractivity contribution in [1.82, 2.24) is 19.8 Å². The van der Waals surface area contributed by atoms with Crippen molar-refractivity contribution in [2.45, 2.75) is 13.0 Å². The highest BCUT2D eigenvalue weighted by Gasteiger charge is 2.30. The Kier molecular flexibility index (Phi) is 6.48. The molecule has 5 rings (SSSR count). The number of nitrogens with one attached hydrogen (secondary N) is 1. The predicted octanol–water partition coefficient (Wildman–Crippen LogP) is 4.25. The number of piperazine rings is 1. The largest absolute Gasteiger partial charge is 0.378 e. The summed E-state index contributed by atoms with van der Waals surface area (Å²) in [7, 11) is 0. The zero-order valence-corrected chi connectivity index (χ0v) is 20.2. The van der Waals surface area contributed by atoms with Crippen LogP contribution in [-0.4, -0.2) is 71.2 Å². The van der Waals surface area contributed by atoms with Crippen LogP contribution >= 0.6 is 22.9 Å². The summed E-state index contributed by atoms with van der Waals surface area (Å²) < 4.78 is 5.29. The summed E-state index contributed by atoms with van der Waals surface area (Å²) in [6.45, 7) is 6.44. The number of nitrogens with zero attached hydrogens (tertiary/aromatic N) is 5. The van der Waals surface area contributed by atoms with Crippen LogP contribution < -0.4 is 5.32 Å². The fourth-order valence-electron chi connectivity index (χ4n) is 4.15. The minimum atomic E-state index is -0.161. The summed E-state index contributed by atoms with van der Waals surface area (Å²) in [5.41, 5.74) is 3.68. The van der Waals surface area contributed by atoms with E-state index in [0.717, 1.165) is 48.0 Å². The minimum Gasteiger partial charge on any atom is -0.378 e. The highest BCUT2D eigenvalue weighted by molar-refractivity contribution is 7.19. The van der Waals surface area contributed by atoms with E-state index in [9.17, 15) is 10.1 Å². The molecule has 0 aliphatic carbocycles. The minimum absolute atomic E-state index is 0.161. The number of anilines is 1. The van der Waals surface area contributed by atoms with Gasteiger partial charge >= 0.3 is 6.03 Å². The van der Waals surface area contributed by atoms with Crippen LogP contribution in [0.25, 0.3) is 21.7 Å². The van der Waals surface area contributed by atoms with Gasteiger partial charge in [-0.2, -0.15) is 5.26 Å². The molecule has 10 heteroatoms. The SMILES string of the molecule is Cc1cc(-c2sc(NC(=O)N3CCN(C4COC4)CC3)nc2-c2cccc(C#N)c2)cc(Cl)n1. The van der Waals surface area contributed by atoms with E-state index in [1.54, 1.807) is 18.2 Å². The first-order chi connectivity index (χ1) is 16.5. The van der Waals surface area contributed by atoms with Crippen molar-refractivity contribution in [1.29, 1.82) is 5.26 Å². The number of benzene rings is 1. The van der Waals surface area contributed by atoms with E-state index >= 15 is 0 Å². The fourth-order valence-corrected chi connectivity index (χ4v) is 5.37. The van der Waals surface area contributed by atoms with E-state index < -0.39 is 0 Å². The molecule has 3 aromatic rings. The molecule has 0 bridgehead atoms. The summed E-state index contributed by atoms with van der Waals surface area (Å²) in [5, 5.41) is 13.2. The molecule has 0 unspecified atom stereocenters. The monoisotopic (exact) mass is 494 g/mol. The molecule has 2 aromatic heterocycles. The zero-order valence-electron chi connectivity index (χ0n) is 18.6. The first-order valence-corrected chi connectivity index (χ1v) is 12.2. The lowest BCUT2D eigenvalue weighted by Crippen LogP contribution is -2.57. The van der Waals surface area contributed by atoms with Gasteiger partial charge in [0.1, 0.15) is 5.15 Å². The average Bonchev–Trinajstić information content (AvgIpc) is 3.22. The molecule has 34 heavy (non-hydrogen) atoms. The second-order valence-corrected chi connectivity index (χ2v) is 9.74. The van der Waals surface area contributed by atoms with Gasteiger partial charge in [0.15, 0.2) is 5.13 Å². The smallest absolute Gasteiger partial charge is 0.323 e. The molecule has 1 N–H and O–H groups in total. The van der Waals surface area contributed by atoms with Gasteiger partial charge in [-0.05, 0) is 36.8 Å². The number of amides is 2. The van der Waals surface area contributed by atoms with Crippen molar-refractivity contribution in [2.75, 3.05) is 44.7 Å². The number of nitriles is 1. The van der Waals surface area contributed by atoms with Gasteiger partial charge in [-0.3, -0.25) is 10.2 Å². The van der Waals surface area contributed by atoms with E-state index in [1.807, 2.05) is 30.0 Å². The third kappa shape index (κ3) is 4.76. The second kappa shape index (κ2) is 9.68. The van der Waals surface area contributed by atoms with Gasteiger partial charge in [0.25, 0.3) is 0 Å². The molecular weight excluding hydrogens is 472 g/mol. The Balaban J connectivity index is 1.41. The topological polar surface area (TPSA) is 94.4 Å². The van der Waals surface area contributed by atoms with Gasteiger partial charge in [0, 0.05) is 37.4 Å². The number of urea groups is 1. The first-order valence-electron chi connectivity index (χ1n) is 11.0. The molecule has 0 atom stereocenters. The van der Waals surface area contributed by atoms with Crippen molar-refractivity contribution in [3.05, 3.63) is 52.8 Å². The molecule has 2 aliphatic heterocycles. The number of aromatic nitrogens is 2. The number of hydrogen-bond acceptors (Lipinski definition) is 7. The molecule has 2 aliphatic rings. The number of carbonyl (C=O) groups excluding carboxylic acids is 1. The molecule has 1 aromatic carbocycles. The Bertz CT molecular complexity index is 1240. The third-order valence-electron chi connectivity index (χ3n) is 6.03. The molecule has 2 fully saturated rings. The Hall–Kier alpha value is -3.03. The third-order valence-corrected chi connectivity index (χ3v) is 7.24. The summed E-state index contributed by atoms with van der Waals surface area (Å²) in [4.78, 5) is 27.1. The number of pyridine rings is 1. The van der Waals surface area contributed by atoms with Crippen LogP contribution in [0.4, 0.5) is 9.93 Å². The lowest BCUT2D eigenvalue weighted by molar-refractivity contribution is -0.0737. The lowest BCUT2D eigenvalue weighted by Gasteiger charge is -2.42. The predicted molar refractivity (Wildman–Crippen MR) is 132 cm³/mol. The number of thiazole rings is 1. The second-order valence-electron chi connectivity index (χ2n) is 8.35. The van der Waals surface area contributed by atoms with Gasteiger partial charge in [0.05, 0.1) is 41.5 Å². The van der Waals surface area contributed by atoms with Gasteiger partial charge < -0.3 is 9.64 Å². The number of carbonyl (C=O) groups is 1. The van der Waals surface area contributed by atoms with Crippen LogP contribution in [-0.2, 0) is 4.74 Å². The fraction of sp³-hybridized carbons (Fsp3) is 0.333. The Morgan fingerprint density at radius 1 is 1.18 bits per heavy atom. The summed E-state index contributed by atoms with van der Waals surface area (Å²) in [6.07, 6.45) is 0. The maximum Gasteiger partial charge on any atom is 0.323 e. The van der Waals surface area contributed by atoms with Crippen LogP contribution in [0.3, 0.4) is 0 Å². The van der Waals surface area contributed by atoms with E-state index in [0.29, 0.717) is 40.7 Å². The van der Waals surface area contributed by atoms with Crippen molar-refractivity contribution in [3.8, 4) is 27.8 Å². The summed E-state index contributed by atoms with van der Waals surface area (Å²) in [5.74, 6) is 0. The molecule has 0 spiro atoms. The maximum absolute atomic E-state index is 13.0. The number of ether oxygens (including phenoxy) is 1. The van der Waals surface area contributed by atoms with Gasteiger partial charge in [-0.25, -0.2) is 14.8 Å². The average molecular weight is 495 g/mol. The standard InChI is InChI=1S/C24H23ClN6O2S/c1-15-9-18(11-20(25)27-15)22-21(17-4-2-3-16(10-17)12-26)28-23(34-22)29-24(32)31-7-5-30(6-8-31)19-13-33-14-19/h2-4,9-11,19H,5-8,13-14H2,1H3,(H,28,29,32). The summed E-state index contributed by atoms with van der Waals surface area (Å²) >= 11 is 7.61. The van der Waals surface area contributed by atoms with E-state index in [4.69, 9.17) is 21.3 Å². The molecule has 174 valence electrons. The first kappa shape index (κ1) is 22.7. The number of aryl methyl sites for hydroxylation is 1. The van der Waals surface area contributed by atoms with Crippen molar-refractivity contribution >= 4 is 34.1 Å². The Morgan fingerprint density at radius 2 is 1.97 bits per heavy atom. The van der Waals surface area contributed by atoms with E-state index in [2.05, 4.69) is 21.3 Å². The normalized spacial score (nSPS) is 16.7. The van der Waals surface area contributed by atoms with Crippen molar-refractivity contribution in [3.63, 3.8) is 0 Å². The highest BCUT2D eigenvalue weighted by atomic mass is 35.5. The van der Waals surface area contributed by atoms with E-state index in [1.165, 1.54) is 11.3 Å². The van der Waals surface area contributed by atoms with Crippen LogP contribution in [0.5, 0.6) is 0 Å². The van der Waals surface area contributed by atoms with Gasteiger partial charge in [-0.1, -0.05) is 35.1 Å². The molecule has 0 radical (unpaired) electrons. The van der Waals surface area contributed by atoms with Gasteiger partial charge in [-0.15, -0.1) is 0 Å². The van der Waals surface area contributed by atoms with Crippen LogP contribution in [0.15, 0.2) is 36.4 Å². The highest BCUT2D eigenvalue weighted by Crippen LogP contribution is 2.40. The molecule has 2 saturated heterocycles. The lowest BCUT2D eigenvalue weighted by atomic mass is 10.1. The molecule has 2 amide bonds. The number of halogens is 1. The molecule has 0 saturated carbocycles. The van der Waals surface area contributed by atoms with Gasteiger partial charge in [0.2, 0.25) is 0 Å². The van der Waals surface area contributed by atoms with E-state index in [-0.39, 0.29) is 6.03 Å². The number of hydrogen-bond donors (Lipinski definition) is 1. The van der Waals surface area contributed by atoms with Crippen molar-refractivity contribution in [2.24, 2.45) is 0 Å². The van der Waals surface area contributed by atoms with Crippen molar-refractivity contribution < 1.29 is 9.53 Å². The van der Waals surface area contributed by atoms with Crippen LogP contribution in [0, 0.1) is 18.3 Å². The Labute approximate surface area is 206 Å². The molecular formula is C24H23ClN6O2S. The zero-order chi connectivity index (χ0) is 23.7. The number of rotatable bonds is 4. The van der Waals surface area contributed by atoms with Crippen LogP contribution in [0.2, 0.25) is 5.15 Å². The van der Waals surface area contributed by atoms with Crippen LogP contribution in [0.1, 0.15) is 11.3 Å². The maximum atomic E-state index is 13.0. The Morgan fingerprint density at radius 3 is 2.65 bits per heavy atom. The quantitative estimate of drug-likeness (QED) is 0.545. The summed E-state index contributed by atoms with van der Waals surface area (Å²) in [6, 6.07) is 13.5.